The van der Waals surface area contributed by atoms with Crippen molar-refractivity contribution < 1.29 is 5.11 Å². The van der Waals surface area contributed by atoms with E-state index in [4.69, 9.17) is 11.6 Å². The SMILES string of the molecule is Oc1ccccc1C1=CCCN(Cc2cn[nH]c2-c2ccc(Cl)cc2)C1. The van der Waals surface area contributed by atoms with Gasteiger partial charge >= 0.3 is 0 Å². The number of aromatic amines is 1. The molecule has 0 amide bonds. The van der Waals surface area contributed by atoms with Crippen LogP contribution in [0.3, 0.4) is 0 Å². The van der Waals surface area contributed by atoms with E-state index in [1.807, 2.05) is 48.7 Å². The topological polar surface area (TPSA) is 52.1 Å². The zero-order valence-corrected chi connectivity index (χ0v) is 15.1. The van der Waals surface area contributed by atoms with Crippen molar-refractivity contribution >= 4 is 17.2 Å². The maximum atomic E-state index is 10.1. The lowest BCUT2D eigenvalue weighted by atomic mass is 9.99. The molecular formula is C21H20ClN3O. The fourth-order valence-corrected chi connectivity index (χ4v) is 3.55. The van der Waals surface area contributed by atoms with Gasteiger partial charge in [0.25, 0.3) is 0 Å². The molecule has 5 heteroatoms. The molecule has 0 atom stereocenters. The Morgan fingerprint density at radius 1 is 1.12 bits per heavy atom. The molecule has 0 radical (unpaired) electrons. The summed E-state index contributed by atoms with van der Waals surface area (Å²) in [7, 11) is 0. The van der Waals surface area contributed by atoms with Crippen LogP contribution in [0.1, 0.15) is 17.5 Å². The second-order valence-electron chi connectivity index (χ2n) is 6.52. The van der Waals surface area contributed by atoms with Crippen molar-refractivity contribution in [1.29, 1.82) is 0 Å². The molecule has 4 nitrogen and oxygen atoms in total. The number of benzene rings is 2. The van der Waals surface area contributed by atoms with Gasteiger partial charge in [-0.15, -0.1) is 0 Å². The van der Waals surface area contributed by atoms with Gasteiger partial charge < -0.3 is 5.11 Å². The van der Waals surface area contributed by atoms with Crippen LogP contribution in [-0.4, -0.2) is 33.3 Å². The molecule has 1 aliphatic rings. The lowest BCUT2D eigenvalue weighted by Gasteiger charge is -2.27. The first-order valence-corrected chi connectivity index (χ1v) is 9.06. The van der Waals surface area contributed by atoms with Crippen molar-refractivity contribution in [1.82, 2.24) is 15.1 Å². The van der Waals surface area contributed by atoms with Gasteiger partial charge in [0.1, 0.15) is 5.75 Å². The smallest absolute Gasteiger partial charge is 0.123 e. The van der Waals surface area contributed by atoms with Gasteiger partial charge in [0.15, 0.2) is 0 Å². The number of nitrogens with zero attached hydrogens (tertiary/aromatic N) is 2. The molecule has 0 fully saturated rings. The minimum Gasteiger partial charge on any atom is -0.507 e. The monoisotopic (exact) mass is 365 g/mol. The summed E-state index contributed by atoms with van der Waals surface area (Å²) in [5.41, 5.74) is 5.36. The average Bonchev–Trinajstić information content (AvgIpc) is 3.11. The van der Waals surface area contributed by atoms with E-state index in [9.17, 15) is 5.11 Å². The fraction of sp³-hybridized carbons (Fsp3) is 0.190. The zero-order chi connectivity index (χ0) is 17.9. The first-order valence-electron chi connectivity index (χ1n) is 8.68. The van der Waals surface area contributed by atoms with Crippen LogP contribution in [-0.2, 0) is 6.54 Å². The minimum absolute atomic E-state index is 0.339. The normalized spacial score (nSPS) is 15.0. The molecule has 0 unspecified atom stereocenters. The van der Waals surface area contributed by atoms with Crippen molar-refractivity contribution in [3.05, 3.63) is 77.0 Å². The summed E-state index contributed by atoms with van der Waals surface area (Å²) in [6.07, 6.45) is 5.08. The lowest BCUT2D eigenvalue weighted by molar-refractivity contribution is 0.296. The van der Waals surface area contributed by atoms with Gasteiger partial charge in [-0.05, 0) is 35.8 Å². The van der Waals surface area contributed by atoms with E-state index >= 15 is 0 Å². The Morgan fingerprint density at radius 2 is 1.92 bits per heavy atom. The Balaban J connectivity index is 1.52. The highest BCUT2D eigenvalue weighted by Crippen LogP contribution is 2.30. The Labute approximate surface area is 157 Å². The van der Waals surface area contributed by atoms with Gasteiger partial charge in [-0.1, -0.05) is 48.0 Å². The molecular weight excluding hydrogens is 346 g/mol. The van der Waals surface area contributed by atoms with Crippen molar-refractivity contribution in [3.8, 4) is 17.0 Å². The van der Waals surface area contributed by atoms with Gasteiger partial charge in [0.2, 0.25) is 0 Å². The number of phenols is 1. The van der Waals surface area contributed by atoms with Crippen LogP contribution in [0.15, 0.2) is 60.8 Å². The average molecular weight is 366 g/mol. The first kappa shape index (κ1) is 16.9. The Morgan fingerprint density at radius 3 is 2.73 bits per heavy atom. The van der Waals surface area contributed by atoms with Crippen LogP contribution in [0.2, 0.25) is 5.02 Å². The van der Waals surface area contributed by atoms with E-state index in [-0.39, 0.29) is 0 Å². The second-order valence-corrected chi connectivity index (χ2v) is 6.96. The number of phenolic OH excluding ortho intramolecular Hbond substituents is 1. The summed E-state index contributed by atoms with van der Waals surface area (Å²) in [6.45, 7) is 2.60. The van der Waals surface area contributed by atoms with Gasteiger partial charge in [-0.3, -0.25) is 10.00 Å². The van der Waals surface area contributed by atoms with Crippen molar-refractivity contribution in [2.24, 2.45) is 0 Å². The highest BCUT2D eigenvalue weighted by molar-refractivity contribution is 6.30. The van der Waals surface area contributed by atoms with Crippen molar-refractivity contribution in [2.45, 2.75) is 13.0 Å². The predicted molar refractivity (Wildman–Crippen MR) is 105 cm³/mol. The Hall–Kier alpha value is -2.56. The number of H-pyrrole nitrogens is 1. The van der Waals surface area contributed by atoms with Crippen LogP contribution in [0.4, 0.5) is 0 Å². The van der Waals surface area contributed by atoms with E-state index in [1.54, 1.807) is 6.07 Å². The summed E-state index contributed by atoms with van der Waals surface area (Å²) in [6, 6.07) is 15.3. The molecule has 0 saturated carbocycles. The fourth-order valence-electron chi connectivity index (χ4n) is 3.42. The van der Waals surface area contributed by atoms with E-state index in [2.05, 4.69) is 21.2 Å². The highest BCUT2D eigenvalue weighted by Gasteiger charge is 2.18. The van der Waals surface area contributed by atoms with E-state index in [0.29, 0.717) is 5.75 Å². The second kappa shape index (κ2) is 7.36. The molecule has 4 rings (SSSR count). The van der Waals surface area contributed by atoms with Crippen LogP contribution in [0, 0.1) is 0 Å². The predicted octanol–water partition coefficient (Wildman–Crippen LogP) is 4.73. The molecule has 26 heavy (non-hydrogen) atoms. The van der Waals surface area contributed by atoms with Gasteiger partial charge in [0.05, 0.1) is 11.9 Å². The molecule has 3 aromatic rings. The van der Waals surface area contributed by atoms with Gasteiger partial charge in [0, 0.05) is 35.8 Å². The number of aromatic hydroxyl groups is 1. The quantitative estimate of drug-likeness (QED) is 0.703. The third kappa shape index (κ3) is 3.52. The van der Waals surface area contributed by atoms with E-state index in [1.165, 1.54) is 5.57 Å². The third-order valence-corrected chi connectivity index (χ3v) is 4.98. The van der Waals surface area contributed by atoms with Crippen LogP contribution >= 0.6 is 11.6 Å². The van der Waals surface area contributed by atoms with Crippen LogP contribution in [0.5, 0.6) is 5.75 Å². The third-order valence-electron chi connectivity index (χ3n) is 4.72. The number of halogens is 1. The molecule has 2 aromatic carbocycles. The molecule has 1 aliphatic heterocycles. The largest absolute Gasteiger partial charge is 0.507 e. The summed E-state index contributed by atoms with van der Waals surface area (Å²) < 4.78 is 0. The standard InChI is InChI=1S/C21H20ClN3O/c22-18-9-7-15(8-10-18)21-17(12-23-24-21)14-25-11-3-4-16(13-25)19-5-1-2-6-20(19)26/h1-2,4-10,12,26H,3,11,13-14H2,(H,23,24). The number of rotatable bonds is 4. The number of aromatic nitrogens is 2. The number of hydrogen-bond acceptors (Lipinski definition) is 3. The van der Waals surface area contributed by atoms with Crippen LogP contribution < -0.4 is 0 Å². The molecule has 0 spiro atoms. The number of para-hydroxylation sites is 1. The molecule has 2 heterocycles. The number of hydrogen-bond donors (Lipinski definition) is 2. The molecule has 0 aliphatic carbocycles. The summed E-state index contributed by atoms with van der Waals surface area (Å²) in [5.74, 6) is 0.339. The minimum atomic E-state index is 0.339. The molecule has 0 saturated heterocycles. The summed E-state index contributed by atoms with van der Waals surface area (Å²) in [4.78, 5) is 2.38. The van der Waals surface area contributed by atoms with Crippen molar-refractivity contribution in [3.63, 3.8) is 0 Å². The van der Waals surface area contributed by atoms with Crippen molar-refractivity contribution in [2.75, 3.05) is 13.1 Å². The Kier molecular flexibility index (Phi) is 4.78. The summed E-state index contributed by atoms with van der Waals surface area (Å²) in [5, 5.41) is 18.2. The molecule has 132 valence electrons. The zero-order valence-electron chi connectivity index (χ0n) is 14.3. The van der Waals surface area contributed by atoms with E-state index < -0.39 is 0 Å². The maximum Gasteiger partial charge on any atom is 0.123 e. The molecule has 1 aromatic heterocycles. The Bertz CT molecular complexity index is 930. The van der Waals surface area contributed by atoms with E-state index in [0.717, 1.165) is 53.5 Å². The number of nitrogens with one attached hydrogen (secondary N) is 1. The molecule has 2 N–H and O–H groups in total. The first-order chi connectivity index (χ1) is 12.7. The highest BCUT2D eigenvalue weighted by atomic mass is 35.5. The molecule has 0 bridgehead atoms. The summed E-state index contributed by atoms with van der Waals surface area (Å²) >= 11 is 5.99. The lowest BCUT2D eigenvalue weighted by Crippen LogP contribution is -2.29. The van der Waals surface area contributed by atoms with Gasteiger partial charge in [-0.25, -0.2) is 0 Å². The van der Waals surface area contributed by atoms with Gasteiger partial charge in [-0.2, -0.15) is 5.10 Å². The maximum absolute atomic E-state index is 10.1. The van der Waals surface area contributed by atoms with Crippen LogP contribution in [0.25, 0.3) is 16.8 Å².